The molecular weight excluding hydrogens is 234 g/mol. The Hall–Kier alpha value is -0.830. The summed E-state index contributed by atoms with van der Waals surface area (Å²) in [5, 5.41) is 8.32. The van der Waals surface area contributed by atoms with Gasteiger partial charge in [-0.05, 0) is 51.1 Å². The molecule has 106 valence electrons. The Balaban J connectivity index is 1.61. The summed E-state index contributed by atoms with van der Waals surface area (Å²) in [6.45, 7) is 0. The third-order valence-corrected chi connectivity index (χ3v) is 5.11. The zero-order valence-corrected chi connectivity index (χ0v) is 12.1. The van der Waals surface area contributed by atoms with Crippen LogP contribution in [0.3, 0.4) is 0 Å². The fraction of sp³-hybridized carbons (Fsp3) is 0.812. The second-order valence-corrected chi connectivity index (χ2v) is 6.37. The Bertz CT molecular complexity index is 392. The SMILES string of the molecule is CNC1CCCC1Cc1ccn(C2CCCCC2)n1. The van der Waals surface area contributed by atoms with E-state index in [9.17, 15) is 0 Å². The van der Waals surface area contributed by atoms with Gasteiger partial charge >= 0.3 is 0 Å². The molecule has 19 heavy (non-hydrogen) atoms. The molecule has 2 aliphatic rings. The van der Waals surface area contributed by atoms with Crippen molar-refractivity contribution >= 4 is 0 Å². The van der Waals surface area contributed by atoms with Gasteiger partial charge in [0.15, 0.2) is 0 Å². The maximum absolute atomic E-state index is 4.86. The number of hydrogen-bond donors (Lipinski definition) is 1. The minimum Gasteiger partial charge on any atom is -0.317 e. The number of nitrogens with zero attached hydrogens (tertiary/aromatic N) is 2. The monoisotopic (exact) mass is 261 g/mol. The van der Waals surface area contributed by atoms with Crippen LogP contribution in [0, 0.1) is 5.92 Å². The molecule has 2 unspecified atom stereocenters. The highest BCUT2D eigenvalue weighted by Crippen LogP contribution is 2.30. The molecule has 0 saturated heterocycles. The summed E-state index contributed by atoms with van der Waals surface area (Å²) < 4.78 is 2.25. The highest BCUT2D eigenvalue weighted by atomic mass is 15.3. The van der Waals surface area contributed by atoms with Crippen LogP contribution >= 0.6 is 0 Å². The lowest BCUT2D eigenvalue weighted by Gasteiger charge is -2.22. The van der Waals surface area contributed by atoms with Gasteiger partial charge < -0.3 is 5.32 Å². The van der Waals surface area contributed by atoms with Gasteiger partial charge in [-0.3, -0.25) is 4.68 Å². The fourth-order valence-corrected chi connectivity index (χ4v) is 3.97. The van der Waals surface area contributed by atoms with E-state index in [-0.39, 0.29) is 0 Å². The minimum atomic E-state index is 0.672. The first-order valence-electron chi connectivity index (χ1n) is 8.08. The van der Waals surface area contributed by atoms with Crippen LogP contribution in [0.1, 0.15) is 63.1 Å². The molecule has 1 N–H and O–H groups in total. The zero-order valence-electron chi connectivity index (χ0n) is 12.1. The van der Waals surface area contributed by atoms with Gasteiger partial charge in [-0.2, -0.15) is 5.10 Å². The average molecular weight is 261 g/mol. The van der Waals surface area contributed by atoms with Crippen molar-refractivity contribution in [3.8, 4) is 0 Å². The third kappa shape index (κ3) is 3.02. The molecule has 0 aliphatic heterocycles. The average Bonchev–Trinajstić information content (AvgIpc) is 3.09. The van der Waals surface area contributed by atoms with Gasteiger partial charge in [0.1, 0.15) is 0 Å². The van der Waals surface area contributed by atoms with Gasteiger partial charge in [-0.25, -0.2) is 0 Å². The Kier molecular flexibility index (Phi) is 4.21. The van der Waals surface area contributed by atoms with Crippen molar-refractivity contribution in [1.29, 1.82) is 0 Å². The van der Waals surface area contributed by atoms with E-state index in [1.54, 1.807) is 0 Å². The smallest absolute Gasteiger partial charge is 0.0628 e. The second-order valence-electron chi connectivity index (χ2n) is 6.37. The van der Waals surface area contributed by atoms with Crippen LogP contribution in [-0.2, 0) is 6.42 Å². The molecule has 0 bridgehead atoms. The number of aromatic nitrogens is 2. The maximum atomic E-state index is 4.86. The van der Waals surface area contributed by atoms with Crippen molar-refractivity contribution in [3.05, 3.63) is 18.0 Å². The molecule has 0 spiro atoms. The molecule has 3 nitrogen and oxygen atoms in total. The van der Waals surface area contributed by atoms with Crippen LogP contribution in [0.5, 0.6) is 0 Å². The van der Waals surface area contributed by atoms with Gasteiger partial charge in [-0.15, -0.1) is 0 Å². The summed E-state index contributed by atoms with van der Waals surface area (Å²) in [5.41, 5.74) is 1.30. The van der Waals surface area contributed by atoms with Gasteiger partial charge in [0.25, 0.3) is 0 Å². The van der Waals surface area contributed by atoms with Crippen molar-refractivity contribution in [2.24, 2.45) is 5.92 Å². The summed E-state index contributed by atoms with van der Waals surface area (Å²) in [6.07, 6.45) is 14.3. The number of rotatable bonds is 4. The molecular formula is C16H27N3. The van der Waals surface area contributed by atoms with Crippen molar-refractivity contribution in [3.63, 3.8) is 0 Å². The standard InChI is InChI=1S/C16H27N3/c1-17-16-9-5-6-13(16)12-14-10-11-19(18-14)15-7-3-2-4-8-15/h10-11,13,15-17H,2-9,12H2,1H3. The molecule has 2 fully saturated rings. The van der Waals surface area contributed by atoms with Gasteiger partial charge in [0.2, 0.25) is 0 Å². The lowest BCUT2D eigenvalue weighted by molar-refractivity contribution is 0.326. The summed E-state index contributed by atoms with van der Waals surface area (Å²) >= 11 is 0. The van der Waals surface area contributed by atoms with E-state index in [2.05, 4.69) is 29.3 Å². The largest absolute Gasteiger partial charge is 0.317 e. The van der Waals surface area contributed by atoms with E-state index < -0.39 is 0 Å². The van der Waals surface area contributed by atoms with Gasteiger partial charge in [0.05, 0.1) is 11.7 Å². The Morgan fingerprint density at radius 2 is 2.00 bits per heavy atom. The zero-order chi connectivity index (χ0) is 13.1. The number of nitrogens with one attached hydrogen (secondary N) is 1. The summed E-state index contributed by atoms with van der Waals surface area (Å²) in [4.78, 5) is 0. The van der Waals surface area contributed by atoms with Gasteiger partial charge in [-0.1, -0.05) is 25.7 Å². The van der Waals surface area contributed by atoms with Crippen LogP contribution in [0.15, 0.2) is 12.3 Å². The van der Waals surface area contributed by atoms with Crippen LogP contribution in [0.2, 0.25) is 0 Å². The lowest BCUT2D eigenvalue weighted by Crippen LogP contribution is -2.30. The first-order chi connectivity index (χ1) is 9.36. The fourth-order valence-electron chi connectivity index (χ4n) is 3.97. The molecule has 2 atom stereocenters. The van der Waals surface area contributed by atoms with Crippen molar-refractivity contribution in [2.45, 2.75) is 69.9 Å². The molecule has 0 radical (unpaired) electrons. The van der Waals surface area contributed by atoms with E-state index >= 15 is 0 Å². The van der Waals surface area contributed by atoms with E-state index in [1.807, 2.05) is 0 Å². The molecule has 2 aliphatic carbocycles. The molecule has 2 saturated carbocycles. The Labute approximate surface area is 116 Å². The maximum Gasteiger partial charge on any atom is 0.0628 e. The van der Waals surface area contributed by atoms with E-state index in [0.29, 0.717) is 12.1 Å². The Morgan fingerprint density at radius 3 is 2.79 bits per heavy atom. The second kappa shape index (κ2) is 6.08. The lowest BCUT2D eigenvalue weighted by atomic mass is 9.96. The molecule has 1 heterocycles. The molecule has 0 amide bonds. The predicted molar refractivity (Wildman–Crippen MR) is 78.2 cm³/mol. The molecule has 1 aromatic rings. The van der Waals surface area contributed by atoms with Crippen molar-refractivity contribution in [2.75, 3.05) is 7.05 Å². The quantitative estimate of drug-likeness (QED) is 0.901. The molecule has 0 aromatic carbocycles. The van der Waals surface area contributed by atoms with Crippen molar-refractivity contribution < 1.29 is 0 Å². The van der Waals surface area contributed by atoms with Crippen LogP contribution in [0.4, 0.5) is 0 Å². The van der Waals surface area contributed by atoms with E-state index in [0.717, 1.165) is 12.3 Å². The minimum absolute atomic E-state index is 0.672. The normalized spacial score (nSPS) is 28.9. The topological polar surface area (TPSA) is 29.9 Å². The Morgan fingerprint density at radius 1 is 1.16 bits per heavy atom. The first-order valence-corrected chi connectivity index (χ1v) is 8.08. The molecule has 3 heteroatoms. The number of hydrogen-bond acceptors (Lipinski definition) is 2. The highest BCUT2D eigenvalue weighted by Gasteiger charge is 2.26. The summed E-state index contributed by atoms with van der Waals surface area (Å²) in [5.74, 6) is 0.791. The third-order valence-electron chi connectivity index (χ3n) is 5.11. The van der Waals surface area contributed by atoms with Crippen LogP contribution in [0.25, 0.3) is 0 Å². The summed E-state index contributed by atoms with van der Waals surface area (Å²) in [6, 6.07) is 3.63. The van der Waals surface area contributed by atoms with Crippen molar-refractivity contribution in [1.82, 2.24) is 15.1 Å². The molecule has 1 aromatic heterocycles. The van der Waals surface area contributed by atoms with Crippen LogP contribution < -0.4 is 5.32 Å². The molecule has 3 rings (SSSR count). The van der Waals surface area contributed by atoms with E-state index in [4.69, 9.17) is 5.10 Å². The van der Waals surface area contributed by atoms with Gasteiger partial charge in [0, 0.05) is 12.2 Å². The van der Waals surface area contributed by atoms with E-state index in [1.165, 1.54) is 57.1 Å². The highest BCUT2D eigenvalue weighted by molar-refractivity contribution is 5.03. The predicted octanol–water partition coefficient (Wildman–Crippen LogP) is 3.32. The van der Waals surface area contributed by atoms with Crippen LogP contribution in [-0.4, -0.2) is 22.9 Å². The first kappa shape index (κ1) is 13.2. The summed E-state index contributed by atoms with van der Waals surface area (Å²) in [7, 11) is 2.10.